The smallest absolute Gasteiger partial charge is 0.134 e. The SMILES string of the molecule is [CH2]c1cccc(F)c1C(=N)N. The van der Waals surface area contributed by atoms with E-state index < -0.39 is 5.82 Å². The lowest BCUT2D eigenvalue weighted by Gasteiger charge is -2.02. The number of nitrogens with two attached hydrogens (primary N) is 1. The first-order valence-corrected chi connectivity index (χ1v) is 3.08. The second-order valence-corrected chi connectivity index (χ2v) is 2.19. The minimum Gasteiger partial charge on any atom is -0.384 e. The van der Waals surface area contributed by atoms with Gasteiger partial charge in [0.25, 0.3) is 0 Å². The van der Waals surface area contributed by atoms with E-state index in [1.807, 2.05) is 0 Å². The summed E-state index contributed by atoms with van der Waals surface area (Å²) in [7, 11) is 0. The molecule has 0 saturated heterocycles. The van der Waals surface area contributed by atoms with Gasteiger partial charge in [0.1, 0.15) is 11.7 Å². The van der Waals surface area contributed by atoms with Gasteiger partial charge in [-0.05, 0) is 18.6 Å². The Bertz CT molecular complexity index is 274. The summed E-state index contributed by atoms with van der Waals surface area (Å²) in [6.45, 7) is 3.54. The number of hydrogen-bond acceptors (Lipinski definition) is 1. The summed E-state index contributed by atoms with van der Waals surface area (Å²) in [4.78, 5) is 0. The topological polar surface area (TPSA) is 49.9 Å². The zero-order valence-electron chi connectivity index (χ0n) is 5.89. The van der Waals surface area contributed by atoms with Crippen LogP contribution in [0, 0.1) is 18.2 Å². The van der Waals surface area contributed by atoms with Crippen molar-refractivity contribution in [3.8, 4) is 0 Å². The second-order valence-electron chi connectivity index (χ2n) is 2.19. The maximum atomic E-state index is 12.8. The van der Waals surface area contributed by atoms with Crippen LogP contribution in [0.25, 0.3) is 0 Å². The molecule has 0 amide bonds. The van der Waals surface area contributed by atoms with Crippen molar-refractivity contribution in [3.63, 3.8) is 0 Å². The van der Waals surface area contributed by atoms with Gasteiger partial charge in [0.2, 0.25) is 0 Å². The molecule has 1 rings (SSSR count). The lowest BCUT2D eigenvalue weighted by Crippen LogP contribution is -2.14. The van der Waals surface area contributed by atoms with Gasteiger partial charge < -0.3 is 5.73 Å². The van der Waals surface area contributed by atoms with E-state index in [1.54, 1.807) is 6.07 Å². The largest absolute Gasteiger partial charge is 0.384 e. The Morgan fingerprint density at radius 1 is 1.55 bits per heavy atom. The van der Waals surface area contributed by atoms with Crippen molar-refractivity contribution in [3.05, 3.63) is 42.1 Å². The maximum Gasteiger partial charge on any atom is 0.134 e. The molecular weight excluding hydrogens is 143 g/mol. The third kappa shape index (κ3) is 1.37. The highest BCUT2D eigenvalue weighted by atomic mass is 19.1. The number of nitrogens with one attached hydrogen (secondary N) is 1. The van der Waals surface area contributed by atoms with Gasteiger partial charge in [0.15, 0.2) is 0 Å². The van der Waals surface area contributed by atoms with E-state index in [4.69, 9.17) is 11.1 Å². The average molecular weight is 151 g/mol. The van der Waals surface area contributed by atoms with Crippen LogP contribution in [0.1, 0.15) is 11.1 Å². The quantitative estimate of drug-likeness (QED) is 0.461. The Morgan fingerprint density at radius 3 is 2.55 bits per heavy atom. The van der Waals surface area contributed by atoms with E-state index in [-0.39, 0.29) is 11.4 Å². The second kappa shape index (κ2) is 2.70. The van der Waals surface area contributed by atoms with Gasteiger partial charge in [0.05, 0.1) is 5.56 Å². The van der Waals surface area contributed by atoms with Crippen LogP contribution in [-0.4, -0.2) is 5.84 Å². The normalized spacial score (nSPS) is 9.64. The van der Waals surface area contributed by atoms with Gasteiger partial charge in [-0.1, -0.05) is 12.1 Å². The molecule has 1 aromatic carbocycles. The van der Waals surface area contributed by atoms with Crippen LogP contribution in [0.4, 0.5) is 4.39 Å². The molecule has 11 heavy (non-hydrogen) atoms. The molecule has 0 aliphatic rings. The highest BCUT2D eigenvalue weighted by Crippen LogP contribution is 2.10. The first kappa shape index (κ1) is 7.72. The Morgan fingerprint density at radius 2 is 2.18 bits per heavy atom. The van der Waals surface area contributed by atoms with E-state index in [9.17, 15) is 4.39 Å². The number of rotatable bonds is 1. The van der Waals surface area contributed by atoms with Crippen LogP contribution in [0.3, 0.4) is 0 Å². The Balaban J connectivity index is 3.32. The van der Waals surface area contributed by atoms with E-state index in [1.165, 1.54) is 12.1 Å². The molecule has 0 atom stereocenters. The van der Waals surface area contributed by atoms with E-state index >= 15 is 0 Å². The Hall–Kier alpha value is -1.38. The minimum atomic E-state index is -0.495. The molecule has 0 unspecified atom stereocenters. The summed E-state index contributed by atoms with van der Waals surface area (Å²) in [5.41, 5.74) is 5.65. The van der Waals surface area contributed by atoms with Gasteiger partial charge >= 0.3 is 0 Å². The molecule has 3 N–H and O–H groups in total. The molecule has 0 bridgehead atoms. The number of amidine groups is 1. The molecule has 0 fully saturated rings. The minimum absolute atomic E-state index is 0.0903. The fraction of sp³-hybridized carbons (Fsp3) is 0. The molecule has 0 spiro atoms. The lowest BCUT2D eigenvalue weighted by molar-refractivity contribution is 0.624. The third-order valence-electron chi connectivity index (χ3n) is 1.37. The van der Waals surface area contributed by atoms with E-state index in [2.05, 4.69) is 6.92 Å². The average Bonchev–Trinajstić information content (AvgIpc) is 1.85. The first-order chi connectivity index (χ1) is 5.13. The van der Waals surface area contributed by atoms with E-state index in [0.717, 1.165) is 0 Å². The molecular formula is C8H8FN2. The highest BCUT2D eigenvalue weighted by molar-refractivity contribution is 5.96. The third-order valence-corrected chi connectivity index (χ3v) is 1.37. The van der Waals surface area contributed by atoms with Crippen LogP contribution in [0.5, 0.6) is 0 Å². The van der Waals surface area contributed by atoms with Gasteiger partial charge in [-0.3, -0.25) is 5.41 Å². The highest BCUT2D eigenvalue weighted by Gasteiger charge is 2.06. The molecule has 1 radical (unpaired) electrons. The van der Waals surface area contributed by atoms with Crippen molar-refractivity contribution < 1.29 is 4.39 Å². The summed E-state index contributed by atoms with van der Waals surface area (Å²) >= 11 is 0. The molecule has 0 saturated carbocycles. The maximum absolute atomic E-state index is 12.8. The zero-order chi connectivity index (χ0) is 8.43. The number of nitrogen functional groups attached to an aromatic ring is 1. The predicted octanol–water partition coefficient (Wildman–Crippen LogP) is 1.29. The monoisotopic (exact) mass is 151 g/mol. The van der Waals surface area contributed by atoms with Gasteiger partial charge in [-0.25, -0.2) is 4.39 Å². The summed E-state index contributed by atoms with van der Waals surface area (Å²) in [5, 5.41) is 7.01. The number of hydrogen-bond donors (Lipinski definition) is 2. The Labute approximate surface area is 64.4 Å². The summed E-state index contributed by atoms with van der Waals surface area (Å²) in [6.07, 6.45) is 0. The van der Waals surface area contributed by atoms with Crippen molar-refractivity contribution in [2.45, 2.75) is 0 Å². The molecule has 2 nitrogen and oxygen atoms in total. The van der Waals surface area contributed by atoms with Crippen LogP contribution < -0.4 is 5.73 Å². The molecule has 0 aliphatic heterocycles. The Kier molecular flexibility index (Phi) is 1.89. The molecule has 0 heterocycles. The van der Waals surface area contributed by atoms with Gasteiger partial charge in [-0.2, -0.15) is 0 Å². The summed E-state index contributed by atoms with van der Waals surface area (Å²) in [5.74, 6) is -0.780. The van der Waals surface area contributed by atoms with E-state index in [0.29, 0.717) is 5.56 Å². The van der Waals surface area contributed by atoms with Crippen molar-refractivity contribution in [2.75, 3.05) is 0 Å². The predicted molar refractivity (Wildman–Crippen MR) is 41.9 cm³/mol. The molecule has 3 heteroatoms. The fourth-order valence-electron chi connectivity index (χ4n) is 0.870. The molecule has 0 aromatic heterocycles. The number of halogens is 1. The standard InChI is InChI=1S/C8H8FN2/c1-5-3-2-4-6(9)7(5)8(10)11/h2-4H,1H2,(H3,10,11). The zero-order valence-corrected chi connectivity index (χ0v) is 5.89. The molecule has 0 aliphatic carbocycles. The van der Waals surface area contributed by atoms with Crippen molar-refractivity contribution in [1.82, 2.24) is 0 Å². The van der Waals surface area contributed by atoms with Crippen LogP contribution in [-0.2, 0) is 0 Å². The fourth-order valence-corrected chi connectivity index (χ4v) is 0.870. The lowest BCUT2D eigenvalue weighted by atomic mass is 10.1. The molecule has 1 aromatic rings. The summed E-state index contributed by atoms with van der Waals surface area (Å²) in [6, 6.07) is 4.40. The molecule has 57 valence electrons. The van der Waals surface area contributed by atoms with Crippen molar-refractivity contribution >= 4 is 5.84 Å². The van der Waals surface area contributed by atoms with Crippen LogP contribution in [0.15, 0.2) is 18.2 Å². The number of benzene rings is 1. The van der Waals surface area contributed by atoms with Gasteiger partial charge in [-0.15, -0.1) is 0 Å². The summed E-state index contributed by atoms with van der Waals surface area (Å²) < 4.78 is 12.8. The van der Waals surface area contributed by atoms with Crippen LogP contribution in [0.2, 0.25) is 0 Å². The van der Waals surface area contributed by atoms with Crippen molar-refractivity contribution in [2.24, 2.45) is 5.73 Å². The first-order valence-electron chi connectivity index (χ1n) is 3.08. The van der Waals surface area contributed by atoms with Crippen molar-refractivity contribution in [1.29, 1.82) is 5.41 Å². The van der Waals surface area contributed by atoms with Crippen LogP contribution >= 0.6 is 0 Å². The van der Waals surface area contributed by atoms with Gasteiger partial charge in [0, 0.05) is 0 Å².